The summed E-state index contributed by atoms with van der Waals surface area (Å²) in [7, 11) is 0.550. The third-order valence-electron chi connectivity index (χ3n) is 8.66. The van der Waals surface area contributed by atoms with E-state index in [4.69, 9.17) is 21.0 Å². The van der Waals surface area contributed by atoms with Crippen molar-refractivity contribution in [3.8, 4) is 5.75 Å². The molecule has 1 aliphatic heterocycles. The van der Waals surface area contributed by atoms with Crippen LogP contribution < -0.4 is 0 Å². The molecule has 1 saturated heterocycles. The number of hydrogen-bond acceptors (Lipinski definition) is 7. The predicted molar refractivity (Wildman–Crippen MR) is 161 cm³/mol. The lowest BCUT2D eigenvalue weighted by atomic mass is 9.54. The molecule has 1 aromatic heterocycles. The zero-order valence-corrected chi connectivity index (χ0v) is 24.0. The second-order valence-corrected chi connectivity index (χ2v) is 11.6. The summed E-state index contributed by atoms with van der Waals surface area (Å²) >= 11 is 6.44. The van der Waals surface area contributed by atoms with Gasteiger partial charge < -0.3 is 19.5 Å². The number of Topliss-reactive ketones (excluding diaryl/α,β-unsaturated/α-hetero) is 2. The van der Waals surface area contributed by atoms with Gasteiger partial charge in [-0.3, -0.25) is 14.6 Å². The Balaban J connectivity index is 1.36. The number of nitrogens with zero attached hydrogens (tertiary/aromatic N) is 1. The minimum absolute atomic E-state index is 0.0217. The fourth-order valence-corrected chi connectivity index (χ4v) is 7.14. The number of phenols is 1. The highest BCUT2D eigenvalue weighted by atomic mass is 35.5. The van der Waals surface area contributed by atoms with Crippen molar-refractivity contribution in [2.24, 2.45) is 17.8 Å². The van der Waals surface area contributed by atoms with Crippen LogP contribution in [0.15, 0.2) is 78.0 Å². The third-order valence-corrected chi connectivity index (χ3v) is 8.99. The number of aromatic nitrogens is 1. The normalized spacial score (nSPS) is 23.9. The minimum atomic E-state index is -1.07. The van der Waals surface area contributed by atoms with Gasteiger partial charge in [-0.15, -0.1) is 0 Å². The number of halogens is 1. The maximum atomic E-state index is 13.9. The highest BCUT2D eigenvalue weighted by Crippen LogP contribution is 2.51. The highest BCUT2D eigenvalue weighted by Gasteiger charge is 2.53. The number of ether oxygens (including phenoxy) is 1. The average Bonchev–Trinajstić information content (AvgIpc) is 2.99. The largest absolute Gasteiger partial charge is 0.508 e. The number of fused-ring (bicyclic) bond motifs is 4. The second kappa shape index (κ2) is 12.0. The van der Waals surface area contributed by atoms with Gasteiger partial charge in [-0.1, -0.05) is 41.9 Å². The van der Waals surface area contributed by atoms with Gasteiger partial charge in [-0.2, -0.15) is 0 Å². The second-order valence-electron chi connectivity index (χ2n) is 11.2. The zero-order chi connectivity index (χ0) is 29.4. The summed E-state index contributed by atoms with van der Waals surface area (Å²) in [5.41, 5.74) is 5.28. The Kier molecular flexibility index (Phi) is 8.14. The molecule has 214 valence electrons. The standard InChI is InChI=1S/C33H31BClNO6/c1-41-18-21-15-25-31(33(39)24-7-3-2-6-23(24)32(25)38)26-17-34(40)42-29(30(21)26)12-10-20(28-8-4-5-13-36-28)14-19-9-11-22(37)16-27(19)35/h2-9,11,13-14,16,25-26,29,31,37,40H,10,12,15,17-18H2,1H3/b20-14-/t25-,26+,29-,31-/m1/s1. The molecule has 1 fully saturated rings. The molecule has 0 saturated carbocycles. The van der Waals surface area contributed by atoms with Gasteiger partial charge in [0, 0.05) is 36.3 Å². The number of hydrogen-bond donors (Lipinski definition) is 2. The van der Waals surface area contributed by atoms with Gasteiger partial charge in [0.15, 0.2) is 11.6 Å². The van der Waals surface area contributed by atoms with Gasteiger partial charge >= 0.3 is 7.12 Å². The number of ketones is 2. The number of methoxy groups -OCH3 is 1. The lowest BCUT2D eigenvalue weighted by molar-refractivity contribution is 0.0585. The SMILES string of the molecule is COCC1=C2[C@@H](CC/C(=C/c3ccc(O)cc3Cl)c3ccccn3)OB(O)C[C@@H]2[C@@H]2C(=O)c3ccccc3C(=O)[C@@H]2C1. The summed E-state index contributed by atoms with van der Waals surface area (Å²) in [5, 5.41) is 21.1. The Morgan fingerprint density at radius 1 is 1.10 bits per heavy atom. The predicted octanol–water partition coefficient (Wildman–Crippen LogP) is 5.92. The molecule has 2 aliphatic carbocycles. The van der Waals surface area contributed by atoms with Crippen LogP contribution in [0, 0.1) is 17.8 Å². The fourth-order valence-electron chi connectivity index (χ4n) is 6.91. The fraction of sp³-hybridized carbons (Fsp3) is 0.303. The van der Waals surface area contributed by atoms with Crippen LogP contribution in [0.2, 0.25) is 11.3 Å². The van der Waals surface area contributed by atoms with Gasteiger partial charge in [0.05, 0.1) is 23.4 Å². The van der Waals surface area contributed by atoms with Crippen molar-refractivity contribution in [2.45, 2.75) is 31.7 Å². The van der Waals surface area contributed by atoms with E-state index in [0.717, 1.165) is 28.0 Å². The first kappa shape index (κ1) is 28.6. The van der Waals surface area contributed by atoms with Crippen LogP contribution in [0.5, 0.6) is 5.75 Å². The molecule has 0 radical (unpaired) electrons. The number of rotatable bonds is 7. The molecule has 0 spiro atoms. The zero-order valence-electron chi connectivity index (χ0n) is 23.2. The Morgan fingerprint density at radius 2 is 1.86 bits per heavy atom. The van der Waals surface area contributed by atoms with Gasteiger partial charge in [0.1, 0.15) is 5.75 Å². The Bertz CT molecular complexity index is 1590. The van der Waals surface area contributed by atoms with E-state index in [0.29, 0.717) is 42.0 Å². The number of carbonyl (C=O) groups is 2. The maximum Gasteiger partial charge on any atom is 0.455 e. The van der Waals surface area contributed by atoms with Crippen LogP contribution in [0.3, 0.4) is 0 Å². The number of allylic oxidation sites excluding steroid dienone is 1. The molecule has 3 aliphatic rings. The van der Waals surface area contributed by atoms with Crippen LogP contribution in [-0.4, -0.2) is 53.6 Å². The highest BCUT2D eigenvalue weighted by molar-refractivity contribution is 6.43. The molecule has 4 atom stereocenters. The van der Waals surface area contributed by atoms with Crippen molar-refractivity contribution in [3.63, 3.8) is 0 Å². The number of aromatic hydroxyl groups is 1. The maximum absolute atomic E-state index is 13.9. The van der Waals surface area contributed by atoms with E-state index in [9.17, 15) is 19.7 Å². The average molecular weight is 584 g/mol. The quantitative estimate of drug-likeness (QED) is 0.263. The molecule has 0 bridgehead atoms. The van der Waals surface area contributed by atoms with Crippen LogP contribution in [0.4, 0.5) is 0 Å². The monoisotopic (exact) mass is 583 g/mol. The number of phenolic OH excluding ortho intramolecular Hbond substituents is 1. The molecular weight excluding hydrogens is 553 g/mol. The van der Waals surface area contributed by atoms with Crippen molar-refractivity contribution in [2.75, 3.05) is 13.7 Å². The van der Waals surface area contributed by atoms with Crippen LogP contribution in [-0.2, 0) is 9.39 Å². The van der Waals surface area contributed by atoms with Gasteiger partial charge in [-0.25, -0.2) is 0 Å². The van der Waals surface area contributed by atoms with Crippen molar-refractivity contribution >= 4 is 41.9 Å². The number of carbonyl (C=O) groups excluding carboxylic acids is 2. The Morgan fingerprint density at radius 3 is 2.57 bits per heavy atom. The molecule has 0 unspecified atom stereocenters. The summed E-state index contributed by atoms with van der Waals surface area (Å²) < 4.78 is 11.7. The van der Waals surface area contributed by atoms with Crippen molar-refractivity contribution in [1.29, 1.82) is 0 Å². The summed E-state index contributed by atoms with van der Waals surface area (Å²) in [6, 6.07) is 17.5. The Hall–Kier alpha value is -3.56. The van der Waals surface area contributed by atoms with E-state index in [1.54, 1.807) is 49.7 Å². The minimum Gasteiger partial charge on any atom is -0.508 e. The van der Waals surface area contributed by atoms with Gasteiger partial charge in [-0.05, 0) is 90.2 Å². The van der Waals surface area contributed by atoms with E-state index in [1.807, 2.05) is 24.3 Å². The van der Waals surface area contributed by atoms with Gasteiger partial charge in [0.25, 0.3) is 0 Å². The van der Waals surface area contributed by atoms with Crippen LogP contribution >= 0.6 is 11.6 Å². The molecule has 9 heteroatoms. The molecule has 2 N–H and O–H groups in total. The third kappa shape index (κ3) is 5.36. The molecule has 7 nitrogen and oxygen atoms in total. The summed E-state index contributed by atoms with van der Waals surface area (Å²) in [6.45, 7) is 0.320. The number of pyridine rings is 1. The number of benzene rings is 2. The summed E-state index contributed by atoms with van der Waals surface area (Å²) in [6.07, 6.45) is 4.90. The van der Waals surface area contributed by atoms with Crippen molar-refractivity contribution < 1.29 is 29.1 Å². The van der Waals surface area contributed by atoms with Gasteiger partial charge in [0.2, 0.25) is 0 Å². The molecule has 2 aromatic carbocycles. The van der Waals surface area contributed by atoms with E-state index >= 15 is 0 Å². The molecule has 0 amide bonds. The Labute approximate surface area is 250 Å². The first-order chi connectivity index (χ1) is 20.4. The van der Waals surface area contributed by atoms with E-state index in [2.05, 4.69) is 4.98 Å². The first-order valence-electron chi connectivity index (χ1n) is 14.2. The molecule has 3 aromatic rings. The van der Waals surface area contributed by atoms with Crippen LogP contribution in [0.25, 0.3) is 11.6 Å². The first-order valence-corrected chi connectivity index (χ1v) is 14.6. The van der Waals surface area contributed by atoms with E-state index in [1.165, 1.54) is 6.07 Å². The topological polar surface area (TPSA) is 106 Å². The van der Waals surface area contributed by atoms with E-state index in [-0.39, 0.29) is 29.6 Å². The molecular formula is C33H31BClNO6. The van der Waals surface area contributed by atoms with Crippen molar-refractivity contribution in [3.05, 3.63) is 105 Å². The smallest absolute Gasteiger partial charge is 0.455 e. The lowest BCUT2D eigenvalue weighted by Crippen LogP contribution is -2.51. The summed E-state index contributed by atoms with van der Waals surface area (Å²) in [5.74, 6) is -1.35. The molecule has 42 heavy (non-hydrogen) atoms. The van der Waals surface area contributed by atoms with E-state index < -0.39 is 25.1 Å². The van der Waals surface area contributed by atoms with Crippen molar-refractivity contribution in [1.82, 2.24) is 4.98 Å². The summed E-state index contributed by atoms with van der Waals surface area (Å²) in [4.78, 5) is 32.0. The molecule has 2 heterocycles. The molecule has 6 rings (SSSR count). The lowest BCUT2D eigenvalue weighted by Gasteiger charge is -2.47. The van der Waals surface area contributed by atoms with Crippen LogP contribution in [0.1, 0.15) is 51.2 Å².